The Hall–Kier alpha value is -4.91. The van der Waals surface area contributed by atoms with Gasteiger partial charge in [-0.15, -0.1) is 22.7 Å². The highest BCUT2D eigenvalue weighted by Gasteiger charge is 2.17. The minimum absolute atomic E-state index is 0.0678. The minimum atomic E-state index is -3.85. The first-order chi connectivity index (χ1) is 27.0. The summed E-state index contributed by atoms with van der Waals surface area (Å²) in [4.78, 5) is 25.9. The van der Waals surface area contributed by atoms with E-state index in [1.165, 1.54) is 41.7 Å². The fraction of sp³-hybridized carbons (Fsp3) is 0.250. The number of allylic oxidation sites excluding steroid dienone is 1. The summed E-state index contributed by atoms with van der Waals surface area (Å²) in [6.07, 6.45) is 3.67. The zero-order valence-electron chi connectivity index (χ0n) is 30.6. The number of carbonyl (C=O) groups is 2. The number of ether oxygens (including phenoxy) is 4. The van der Waals surface area contributed by atoms with Crippen LogP contribution in [0, 0.1) is 11.8 Å². The van der Waals surface area contributed by atoms with E-state index in [1.807, 2.05) is 41.1 Å². The van der Waals surface area contributed by atoms with E-state index >= 15 is 0 Å². The van der Waals surface area contributed by atoms with Gasteiger partial charge in [-0.2, -0.15) is 0 Å². The largest absolute Gasteiger partial charge is 0.496 e. The van der Waals surface area contributed by atoms with Gasteiger partial charge in [-0.3, -0.25) is 9.59 Å². The van der Waals surface area contributed by atoms with E-state index in [4.69, 9.17) is 34.3 Å². The molecule has 0 atom stereocenters. The van der Waals surface area contributed by atoms with E-state index in [9.17, 15) is 28.2 Å². The van der Waals surface area contributed by atoms with Crippen molar-refractivity contribution in [3.8, 4) is 43.9 Å². The maximum absolute atomic E-state index is 12.7. The van der Waals surface area contributed by atoms with Crippen LogP contribution < -0.4 is 24.1 Å². The van der Waals surface area contributed by atoms with Gasteiger partial charge in [0, 0.05) is 56.0 Å². The number of sulfonamides is 1. The Balaban J connectivity index is 0.000000273. The van der Waals surface area contributed by atoms with Gasteiger partial charge in [-0.25, -0.2) is 13.6 Å². The van der Waals surface area contributed by atoms with Gasteiger partial charge >= 0.3 is 0 Å². The van der Waals surface area contributed by atoms with Gasteiger partial charge < -0.3 is 39.4 Å². The fourth-order valence-electron chi connectivity index (χ4n) is 5.03. The molecule has 6 N–H and O–H groups in total. The van der Waals surface area contributed by atoms with Crippen molar-refractivity contribution < 1.29 is 57.4 Å². The summed E-state index contributed by atoms with van der Waals surface area (Å²) in [5, 5.41) is 45.8. The van der Waals surface area contributed by atoms with Crippen molar-refractivity contribution in [1.29, 1.82) is 0 Å². The molecule has 5 rings (SSSR count). The number of ketones is 1. The first-order valence-corrected chi connectivity index (χ1v) is 20.3. The van der Waals surface area contributed by atoms with Crippen LogP contribution in [0.15, 0.2) is 94.5 Å². The zero-order valence-corrected chi connectivity index (χ0v) is 33.0. The highest BCUT2D eigenvalue weighted by atomic mass is 32.2. The first-order valence-electron chi connectivity index (χ1n) is 17.0. The van der Waals surface area contributed by atoms with Gasteiger partial charge in [0.1, 0.15) is 23.0 Å². The highest BCUT2D eigenvalue weighted by Crippen LogP contribution is 2.40. The van der Waals surface area contributed by atoms with Gasteiger partial charge in [0.2, 0.25) is 10.0 Å². The number of primary sulfonamides is 1. The van der Waals surface area contributed by atoms with E-state index < -0.39 is 15.9 Å². The number of benzene rings is 3. The van der Waals surface area contributed by atoms with Gasteiger partial charge in [0.05, 0.1) is 64.3 Å². The number of aliphatic hydroxyl groups excluding tert-OH is 4. The summed E-state index contributed by atoms with van der Waals surface area (Å²) in [5.41, 5.74) is 2.93. The Morgan fingerprint density at radius 3 is 1.57 bits per heavy atom. The molecule has 0 fully saturated rings. The molecule has 0 aliphatic heterocycles. The molecule has 13 nitrogen and oxygen atoms in total. The molecule has 2 aromatic heterocycles. The molecule has 16 heteroatoms. The van der Waals surface area contributed by atoms with Gasteiger partial charge in [-0.05, 0) is 71.4 Å². The van der Waals surface area contributed by atoms with Crippen molar-refractivity contribution in [2.45, 2.75) is 4.90 Å². The van der Waals surface area contributed by atoms with Crippen molar-refractivity contribution >= 4 is 50.8 Å². The minimum Gasteiger partial charge on any atom is -0.496 e. The smallest absolute Gasteiger partial charge is 0.238 e. The molecule has 0 unspecified atom stereocenters. The van der Waals surface area contributed by atoms with Crippen molar-refractivity contribution in [2.24, 2.45) is 17.0 Å². The lowest BCUT2D eigenvalue weighted by Gasteiger charge is -2.17. The summed E-state index contributed by atoms with van der Waals surface area (Å²) in [7, 11) is -0.746. The van der Waals surface area contributed by atoms with E-state index in [2.05, 4.69) is 0 Å². The average Bonchev–Trinajstić information content (AvgIpc) is 3.96. The molecule has 0 saturated carbocycles. The predicted molar refractivity (Wildman–Crippen MR) is 215 cm³/mol. The van der Waals surface area contributed by atoms with E-state index in [0.717, 1.165) is 27.2 Å². The number of nitrogens with two attached hydrogens (primary N) is 1. The van der Waals surface area contributed by atoms with Crippen LogP contribution in [0.25, 0.3) is 27.0 Å². The van der Waals surface area contributed by atoms with Crippen molar-refractivity contribution in [3.63, 3.8) is 0 Å². The predicted octanol–water partition coefficient (Wildman–Crippen LogP) is 5.16. The van der Waals surface area contributed by atoms with Gasteiger partial charge in [-0.1, -0.05) is 12.1 Å². The molecule has 0 amide bonds. The Morgan fingerprint density at radius 1 is 0.714 bits per heavy atom. The summed E-state index contributed by atoms with van der Waals surface area (Å²) in [6, 6.07) is 20.0. The summed E-state index contributed by atoms with van der Waals surface area (Å²) >= 11 is 3.09. The Bertz CT molecular complexity index is 2140. The third kappa shape index (κ3) is 11.8. The van der Waals surface area contributed by atoms with Crippen LogP contribution in [0.3, 0.4) is 0 Å². The number of aldehydes is 1. The summed E-state index contributed by atoms with van der Waals surface area (Å²) in [6.45, 7) is -0.652. The van der Waals surface area contributed by atoms with Crippen molar-refractivity contribution in [3.05, 3.63) is 106 Å². The van der Waals surface area contributed by atoms with Gasteiger partial charge in [0.15, 0.2) is 12.1 Å². The van der Waals surface area contributed by atoms with Crippen LogP contribution in [0.1, 0.15) is 26.3 Å². The summed E-state index contributed by atoms with van der Waals surface area (Å²) < 4.78 is 45.2. The van der Waals surface area contributed by atoms with Crippen LogP contribution >= 0.6 is 22.7 Å². The fourth-order valence-corrected chi connectivity index (χ4v) is 7.04. The topological polar surface area (TPSA) is 212 Å². The maximum atomic E-state index is 12.7. The quantitative estimate of drug-likeness (QED) is 0.0415. The van der Waals surface area contributed by atoms with Crippen LogP contribution in [0.5, 0.6) is 23.0 Å². The third-order valence-corrected chi connectivity index (χ3v) is 11.0. The number of thiophene rings is 2. The number of hydrogen-bond donors (Lipinski definition) is 5. The Morgan fingerprint density at radius 2 is 1.18 bits per heavy atom. The van der Waals surface area contributed by atoms with Crippen LogP contribution in [-0.2, 0) is 10.0 Å². The van der Waals surface area contributed by atoms with E-state index in [0.29, 0.717) is 39.7 Å². The number of rotatable bonds is 19. The normalized spacial score (nSPS) is 11.4. The van der Waals surface area contributed by atoms with E-state index in [1.54, 1.807) is 49.8 Å². The number of aliphatic hydroxyl groups is 4. The molecule has 56 heavy (non-hydrogen) atoms. The Kier molecular flexibility index (Phi) is 16.7. The zero-order chi connectivity index (χ0) is 40.7. The lowest BCUT2D eigenvalue weighted by Crippen LogP contribution is -2.20. The van der Waals surface area contributed by atoms with Crippen LogP contribution in [-0.4, -0.2) is 94.8 Å². The van der Waals surface area contributed by atoms with Crippen LogP contribution in [0.4, 0.5) is 0 Å². The maximum Gasteiger partial charge on any atom is 0.238 e. The molecule has 0 saturated heterocycles. The lowest BCUT2D eigenvalue weighted by atomic mass is 10.0. The third-order valence-electron chi connectivity index (χ3n) is 8.23. The second-order valence-electron chi connectivity index (χ2n) is 12.1. The second-order valence-corrected chi connectivity index (χ2v) is 15.6. The molecule has 0 aliphatic rings. The first kappa shape index (κ1) is 43.8. The van der Waals surface area contributed by atoms with Crippen molar-refractivity contribution in [2.75, 3.05) is 53.9 Å². The standard InChI is InChI=1S/C24H25NO7S2.C16H18O5S/c1-31-23-12-22(32-15-16(13-26)14-27)18(11-20(23)24-3-2-10-33-24)6-9-21(28)17-4-7-19(8-5-17)34(25,29)30;1-20-15-6-14(21-10-11(7-17)8-18)12(9-19)5-13(15)16-3-2-4-22-16/h2-12,16,26-27H,13-15H2,1H3,(H2,25,29,30);2-6,9,11,17-18H,7-8,10H2,1H3/b9-6+;. The lowest BCUT2D eigenvalue weighted by molar-refractivity contribution is 0.103. The molecule has 0 aliphatic carbocycles. The van der Waals surface area contributed by atoms with Crippen molar-refractivity contribution in [1.82, 2.24) is 0 Å². The Labute approximate surface area is 332 Å². The number of methoxy groups -OCH3 is 2. The molecule has 3 aromatic carbocycles. The van der Waals surface area contributed by atoms with Crippen LogP contribution in [0.2, 0.25) is 0 Å². The number of hydrogen-bond acceptors (Lipinski definition) is 14. The monoisotopic (exact) mass is 825 g/mol. The van der Waals surface area contributed by atoms with E-state index in [-0.39, 0.29) is 56.2 Å². The molecule has 5 aromatic rings. The molecule has 2 heterocycles. The molecule has 0 spiro atoms. The molecular formula is C40H43NO12S3. The second kappa shape index (κ2) is 21.4. The average molecular weight is 826 g/mol. The molecule has 0 bridgehead atoms. The number of carbonyl (C=O) groups excluding carboxylic acids is 2. The summed E-state index contributed by atoms with van der Waals surface area (Å²) in [5.74, 6) is 0.777. The SMILES string of the molecule is COc1cc(OCC(CO)CO)c(/C=C/C(=O)c2ccc(S(N)(=O)=O)cc2)cc1-c1cccs1.COc1cc(OCC(CO)CO)c(C=O)cc1-c1cccs1. The molecule has 0 radical (unpaired) electrons. The molecule has 298 valence electrons. The highest BCUT2D eigenvalue weighted by molar-refractivity contribution is 7.89. The van der Waals surface area contributed by atoms with Gasteiger partial charge in [0.25, 0.3) is 0 Å². The molecular weight excluding hydrogens is 783 g/mol.